The molecule has 0 unspecified atom stereocenters. The third-order valence-corrected chi connectivity index (χ3v) is 4.18. The third-order valence-electron chi connectivity index (χ3n) is 3.44. The van der Waals surface area contributed by atoms with E-state index in [0.29, 0.717) is 16.5 Å². The monoisotopic (exact) mass is 391 g/mol. The van der Waals surface area contributed by atoms with E-state index in [4.69, 9.17) is 0 Å². The van der Waals surface area contributed by atoms with Crippen LogP contribution in [-0.2, 0) is 4.79 Å². The minimum absolute atomic E-state index is 0.0536. The number of hydrogen-bond acceptors (Lipinski definition) is 4. The summed E-state index contributed by atoms with van der Waals surface area (Å²) in [7, 11) is 0. The van der Waals surface area contributed by atoms with Gasteiger partial charge in [-0.1, -0.05) is 24.3 Å². The molecule has 9 heteroatoms. The van der Waals surface area contributed by atoms with Crippen LogP contribution in [0.3, 0.4) is 0 Å². The summed E-state index contributed by atoms with van der Waals surface area (Å²) in [5.74, 6) is -0.581. The molecule has 0 saturated heterocycles. The number of carbonyl (C=O) groups is 1. The first-order valence-corrected chi connectivity index (χ1v) is 8.45. The maximum absolute atomic E-state index is 12.3. The zero-order chi connectivity index (χ0) is 19.4. The van der Waals surface area contributed by atoms with E-state index in [1.807, 2.05) is 0 Å². The smallest absolute Gasteiger partial charge is 0.268 e. The summed E-state index contributed by atoms with van der Waals surface area (Å²) in [6.07, 6.45) is 3.81. The zero-order valence-corrected chi connectivity index (χ0v) is 14.4. The fourth-order valence-corrected chi connectivity index (χ4v) is 2.80. The van der Waals surface area contributed by atoms with Gasteiger partial charge in [0, 0.05) is 11.0 Å². The lowest BCUT2D eigenvalue weighted by Crippen LogP contribution is -2.32. The molecule has 1 aromatic heterocycles. The highest BCUT2D eigenvalue weighted by Crippen LogP contribution is 2.36. The van der Waals surface area contributed by atoms with Crippen LogP contribution >= 0.6 is 11.8 Å². The lowest BCUT2D eigenvalue weighted by molar-refractivity contribution is -0.112. The number of nitrogens with zero attached hydrogens (tertiary/aromatic N) is 2. The minimum Gasteiger partial charge on any atom is -0.268 e. The highest BCUT2D eigenvalue weighted by molar-refractivity contribution is 8.00. The molecule has 0 aliphatic rings. The van der Waals surface area contributed by atoms with Crippen LogP contribution in [-0.4, -0.2) is 21.1 Å². The summed E-state index contributed by atoms with van der Waals surface area (Å²) in [6, 6.07) is 12.3. The highest BCUT2D eigenvalue weighted by atomic mass is 32.2. The molecule has 5 nitrogen and oxygen atoms in total. The fraction of sp³-hybridized carbons (Fsp3) is 0.0556. The van der Waals surface area contributed by atoms with Gasteiger partial charge in [0.2, 0.25) is 0 Å². The van der Waals surface area contributed by atoms with Gasteiger partial charge in [-0.15, -0.1) is 0 Å². The predicted molar refractivity (Wildman–Crippen MR) is 97.8 cm³/mol. The summed E-state index contributed by atoms with van der Waals surface area (Å²) >= 11 is -0.210. The Labute approximate surface area is 155 Å². The predicted octanol–water partition coefficient (Wildman–Crippen LogP) is 3.79. The number of hydrogen-bond donors (Lipinski definition) is 1. The second-order valence-electron chi connectivity index (χ2n) is 5.36. The summed E-state index contributed by atoms with van der Waals surface area (Å²) in [5.41, 5.74) is -1.33. The van der Waals surface area contributed by atoms with E-state index in [9.17, 15) is 22.8 Å². The van der Waals surface area contributed by atoms with Crippen LogP contribution in [0.25, 0.3) is 17.0 Å². The molecule has 0 bridgehead atoms. The topological polar surface area (TPSA) is 64.0 Å². The maximum atomic E-state index is 12.3. The number of rotatable bonds is 4. The molecule has 1 N–H and O–H groups in total. The maximum Gasteiger partial charge on any atom is 0.446 e. The molecule has 138 valence electrons. The van der Waals surface area contributed by atoms with Crippen molar-refractivity contribution in [3.05, 3.63) is 76.9 Å². The molecule has 27 heavy (non-hydrogen) atoms. The third kappa shape index (κ3) is 4.98. The van der Waals surface area contributed by atoms with Gasteiger partial charge < -0.3 is 0 Å². The number of fused-ring (bicyclic) bond motifs is 1. The van der Waals surface area contributed by atoms with Gasteiger partial charge in [-0.25, -0.2) is 9.66 Å². The molecule has 1 heterocycles. The Hall–Kier alpha value is -3.07. The van der Waals surface area contributed by atoms with Crippen molar-refractivity contribution in [1.29, 1.82) is 0 Å². The molecule has 3 rings (SSSR count). The number of aromatic nitrogens is 2. The number of carbonyl (C=O) groups excluding carboxylic acids is 1. The van der Waals surface area contributed by atoms with Crippen LogP contribution in [0.15, 0.2) is 70.6 Å². The quantitative estimate of drug-likeness (QED) is 0.543. The molecule has 0 saturated carbocycles. The first kappa shape index (κ1) is 18.7. The molecule has 0 aliphatic carbocycles. The van der Waals surface area contributed by atoms with Crippen molar-refractivity contribution in [3.63, 3.8) is 0 Å². The zero-order valence-electron chi connectivity index (χ0n) is 13.6. The molecular formula is C18H12F3N3O2S. The largest absolute Gasteiger partial charge is 0.446 e. The van der Waals surface area contributed by atoms with Gasteiger partial charge in [-0.05, 0) is 47.7 Å². The van der Waals surface area contributed by atoms with E-state index in [1.54, 1.807) is 24.3 Å². The lowest BCUT2D eigenvalue weighted by atomic mass is 10.2. The Morgan fingerprint density at radius 2 is 1.81 bits per heavy atom. The van der Waals surface area contributed by atoms with Gasteiger partial charge in [0.1, 0.15) is 6.33 Å². The number of nitrogens with one attached hydrogen (secondary N) is 1. The van der Waals surface area contributed by atoms with E-state index in [1.165, 1.54) is 42.7 Å². The number of benzene rings is 2. The van der Waals surface area contributed by atoms with Gasteiger partial charge in [0.25, 0.3) is 11.5 Å². The number of halogens is 3. The second kappa shape index (κ2) is 7.67. The Kier molecular flexibility index (Phi) is 5.31. The average molecular weight is 391 g/mol. The standard InChI is InChI=1S/C18H12F3N3O2S/c19-18(20,21)27-13-8-5-12(6-9-13)7-10-16(25)23-24-11-22-15-4-2-1-3-14(15)17(24)26/h1-11H,(H,23,25)/b10-7+. The van der Waals surface area contributed by atoms with E-state index in [0.717, 1.165) is 4.68 Å². The van der Waals surface area contributed by atoms with Crippen LogP contribution in [0.5, 0.6) is 0 Å². The van der Waals surface area contributed by atoms with Crippen molar-refractivity contribution in [3.8, 4) is 0 Å². The summed E-state index contributed by atoms with van der Waals surface area (Å²) in [4.78, 5) is 28.4. The van der Waals surface area contributed by atoms with Gasteiger partial charge in [0.15, 0.2) is 0 Å². The molecule has 0 atom stereocenters. The Balaban J connectivity index is 1.69. The molecule has 3 aromatic rings. The summed E-state index contributed by atoms with van der Waals surface area (Å²) in [5, 5.41) is 0.363. The normalized spacial score (nSPS) is 11.8. The van der Waals surface area contributed by atoms with Crippen LogP contribution in [0.1, 0.15) is 5.56 Å². The Morgan fingerprint density at radius 3 is 2.52 bits per heavy atom. The summed E-state index contributed by atoms with van der Waals surface area (Å²) in [6.45, 7) is 0. The van der Waals surface area contributed by atoms with E-state index in [-0.39, 0.29) is 16.7 Å². The van der Waals surface area contributed by atoms with Crippen molar-refractivity contribution >= 4 is 34.6 Å². The molecule has 0 spiro atoms. The van der Waals surface area contributed by atoms with Crippen molar-refractivity contribution in [2.75, 3.05) is 5.43 Å². The van der Waals surface area contributed by atoms with Gasteiger partial charge in [-0.3, -0.25) is 15.0 Å². The molecule has 0 radical (unpaired) electrons. The van der Waals surface area contributed by atoms with E-state index >= 15 is 0 Å². The van der Waals surface area contributed by atoms with E-state index in [2.05, 4.69) is 10.4 Å². The number of alkyl halides is 3. The van der Waals surface area contributed by atoms with E-state index < -0.39 is 17.0 Å². The molecule has 1 amide bonds. The Morgan fingerprint density at radius 1 is 1.11 bits per heavy atom. The molecular weight excluding hydrogens is 379 g/mol. The van der Waals surface area contributed by atoms with Crippen molar-refractivity contribution in [2.24, 2.45) is 0 Å². The van der Waals surface area contributed by atoms with Crippen LogP contribution in [0.4, 0.5) is 13.2 Å². The van der Waals surface area contributed by atoms with Gasteiger partial charge in [-0.2, -0.15) is 13.2 Å². The van der Waals surface area contributed by atoms with Crippen molar-refractivity contribution in [2.45, 2.75) is 10.4 Å². The van der Waals surface area contributed by atoms with Gasteiger partial charge in [0.05, 0.1) is 10.9 Å². The summed E-state index contributed by atoms with van der Waals surface area (Å²) < 4.78 is 37.9. The number of amides is 1. The number of para-hydroxylation sites is 1. The lowest BCUT2D eigenvalue weighted by Gasteiger charge is -2.06. The molecule has 0 fully saturated rings. The van der Waals surface area contributed by atoms with Crippen LogP contribution in [0.2, 0.25) is 0 Å². The molecule has 2 aromatic carbocycles. The average Bonchev–Trinajstić information content (AvgIpc) is 2.62. The van der Waals surface area contributed by atoms with Crippen LogP contribution < -0.4 is 11.0 Å². The molecule has 0 aliphatic heterocycles. The van der Waals surface area contributed by atoms with Crippen molar-refractivity contribution in [1.82, 2.24) is 9.66 Å². The van der Waals surface area contributed by atoms with Gasteiger partial charge >= 0.3 is 5.51 Å². The highest BCUT2D eigenvalue weighted by Gasteiger charge is 2.28. The fourth-order valence-electron chi connectivity index (χ4n) is 2.26. The van der Waals surface area contributed by atoms with Crippen LogP contribution in [0, 0.1) is 0 Å². The first-order valence-electron chi connectivity index (χ1n) is 7.63. The first-order chi connectivity index (χ1) is 12.8. The second-order valence-corrected chi connectivity index (χ2v) is 6.50. The SMILES string of the molecule is O=C(/C=C/c1ccc(SC(F)(F)F)cc1)Nn1cnc2ccccc2c1=O. The minimum atomic E-state index is -4.35. The Bertz CT molecular complexity index is 1060. The van der Waals surface area contributed by atoms with Crippen molar-refractivity contribution < 1.29 is 18.0 Å². The number of thioether (sulfide) groups is 1.